The van der Waals surface area contributed by atoms with Crippen molar-refractivity contribution in [2.45, 2.75) is 13.8 Å². The highest BCUT2D eigenvalue weighted by Gasteiger charge is 2.21. The fourth-order valence-electron chi connectivity index (χ4n) is 3.72. The number of carbonyl (C=O) groups excluding carboxylic acids is 2. The fourth-order valence-corrected chi connectivity index (χ4v) is 3.72. The zero-order chi connectivity index (χ0) is 22.8. The van der Waals surface area contributed by atoms with Gasteiger partial charge in [-0.25, -0.2) is 4.79 Å². The normalized spacial score (nSPS) is 11.9. The summed E-state index contributed by atoms with van der Waals surface area (Å²) in [6.07, 6.45) is 0. The van der Waals surface area contributed by atoms with Crippen molar-refractivity contribution in [2.24, 2.45) is 0 Å². The second kappa shape index (κ2) is 8.66. The van der Waals surface area contributed by atoms with Crippen LogP contribution in [0.15, 0.2) is 42.5 Å². The number of methoxy groups -OCH3 is 2. The van der Waals surface area contributed by atoms with Gasteiger partial charge in [0.25, 0.3) is 0 Å². The van der Waals surface area contributed by atoms with Crippen LogP contribution in [0.1, 0.15) is 32.1 Å². The van der Waals surface area contributed by atoms with E-state index in [9.17, 15) is 9.59 Å². The van der Waals surface area contributed by atoms with Gasteiger partial charge in [0, 0.05) is 34.8 Å². The number of rotatable bonds is 7. The van der Waals surface area contributed by atoms with Crippen LogP contribution in [0.3, 0.4) is 0 Å². The number of Topliss-reactive ketones (excluding diaryl/α,β-unsaturated/α-hetero) is 1. The molecule has 0 spiro atoms. The van der Waals surface area contributed by atoms with E-state index in [0.717, 1.165) is 17.1 Å². The van der Waals surface area contributed by atoms with Crippen LogP contribution in [-0.2, 0) is 4.74 Å². The Bertz CT molecular complexity index is 1200. The van der Waals surface area contributed by atoms with E-state index in [1.54, 1.807) is 12.1 Å². The van der Waals surface area contributed by atoms with Gasteiger partial charge in [0.1, 0.15) is 17.1 Å². The lowest BCUT2D eigenvalue weighted by atomic mass is 10.1. The molecule has 4 rings (SSSR count). The Kier molecular flexibility index (Phi) is 5.77. The molecule has 0 bridgehead atoms. The van der Waals surface area contributed by atoms with Gasteiger partial charge in [-0.1, -0.05) is 0 Å². The zero-order valence-corrected chi connectivity index (χ0v) is 18.3. The fraction of sp³-hybridized carbons (Fsp3) is 0.250. The van der Waals surface area contributed by atoms with E-state index in [-0.39, 0.29) is 30.5 Å². The Hall–Kier alpha value is -3.94. The summed E-state index contributed by atoms with van der Waals surface area (Å²) in [5.74, 6) is 1.30. The number of hydrogen-bond donors (Lipinski definition) is 0. The molecule has 166 valence electrons. The van der Waals surface area contributed by atoms with Gasteiger partial charge in [-0.3, -0.25) is 4.79 Å². The molecular weight excluding hydrogens is 414 g/mol. The third-order valence-electron chi connectivity index (χ3n) is 5.30. The molecule has 2 aromatic carbocycles. The summed E-state index contributed by atoms with van der Waals surface area (Å²) in [4.78, 5) is 25.0. The third kappa shape index (κ3) is 3.87. The van der Waals surface area contributed by atoms with Crippen molar-refractivity contribution < 1.29 is 33.3 Å². The standard InChI is InChI=1S/C24H23NO7/c1-14-9-19(15(2)25(14)16-5-8-21-23(10-16)32-13-31-21)20(26)12-30-22-11-17(28-3)6-7-18(22)24(27)29-4/h5-11H,12-13H2,1-4H3. The minimum Gasteiger partial charge on any atom is -0.497 e. The Morgan fingerprint density at radius 1 is 0.969 bits per heavy atom. The van der Waals surface area contributed by atoms with Crippen molar-refractivity contribution in [3.8, 4) is 28.7 Å². The SMILES string of the molecule is COC(=O)c1ccc(OC)cc1OCC(=O)c1cc(C)n(-c2ccc3c(c2)OCO3)c1C. The number of fused-ring (bicyclic) bond motifs is 1. The van der Waals surface area contributed by atoms with Crippen molar-refractivity contribution in [2.75, 3.05) is 27.6 Å². The number of carbonyl (C=O) groups is 2. The molecule has 0 N–H and O–H groups in total. The first-order valence-electron chi connectivity index (χ1n) is 9.94. The highest BCUT2D eigenvalue weighted by molar-refractivity contribution is 5.99. The second-order valence-electron chi connectivity index (χ2n) is 7.22. The van der Waals surface area contributed by atoms with Gasteiger partial charge in [-0.05, 0) is 44.2 Å². The number of esters is 1. The smallest absolute Gasteiger partial charge is 0.341 e. The lowest BCUT2D eigenvalue weighted by Crippen LogP contribution is -2.15. The topological polar surface area (TPSA) is 85.2 Å². The van der Waals surface area contributed by atoms with Gasteiger partial charge in [0.05, 0.1) is 14.2 Å². The first kappa shape index (κ1) is 21.3. The van der Waals surface area contributed by atoms with E-state index in [1.165, 1.54) is 20.3 Å². The van der Waals surface area contributed by atoms with Crippen molar-refractivity contribution in [1.29, 1.82) is 0 Å². The third-order valence-corrected chi connectivity index (χ3v) is 5.30. The molecule has 8 nitrogen and oxygen atoms in total. The summed E-state index contributed by atoms with van der Waals surface area (Å²) < 4.78 is 28.5. The van der Waals surface area contributed by atoms with Crippen LogP contribution in [0.4, 0.5) is 0 Å². The monoisotopic (exact) mass is 437 g/mol. The maximum Gasteiger partial charge on any atom is 0.341 e. The lowest BCUT2D eigenvalue weighted by molar-refractivity contribution is 0.0594. The molecule has 8 heteroatoms. The molecule has 0 fully saturated rings. The first-order valence-corrected chi connectivity index (χ1v) is 9.94. The van der Waals surface area contributed by atoms with E-state index in [4.69, 9.17) is 23.7 Å². The van der Waals surface area contributed by atoms with Gasteiger partial charge in [-0.15, -0.1) is 0 Å². The predicted octanol–water partition coefficient (Wildman–Crippen LogP) is 3.88. The predicted molar refractivity (Wildman–Crippen MR) is 116 cm³/mol. The van der Waals surface area contributed by atoms with Crippen LogP contribution in [0.5, 0.6) is 23.0 Å². The number of aryl methyl sites for hydroxylation is 1. The maximum absolute atomic E-state index is 13.0. The lowest BCUT2D eigenvalue weighted by Gasteiger charge is -2.12. The van der Waals surface area contributed by atoms with Gasteiger partial charge in [-0.2, -0.15) is 0 Å². The maximum atomic E-state index is 13.0. The van der Waals surface area contributed by atoms with Crippen molar-refractivity contribution in [1.82, 2.24) is 4.57 Å². The summed E-state index contributed by atoms with van der Waals surface area (Å²) in [5, 5.41) is 0. The Labute approximate surface area is 185 Å². The van der Waals surface area contributed by atoms with Crippen LogP contribution in [0.2, 0.25) is 0 Å². The average molecular weight is 437 g/mol. The van der Waals surface area contributed by atoms with Crippen LogP contribution < -0.4 is 18.9 Å². The molecule has 1 aliphatic heterocycles. The molecule has 3 aromatic rings. The highest BCUT2D eigenvalue weighted by Crippen LogP contribution is 2.35. The van der Waals surface area contributed by atoms with Crippen LogP contribution in [0, 0.1) is 13.8 Å². The van der Waals surface area contributed by atoms with Gasteiger partial charge in [0.15, 0.2) is 18.1 Å². The summed E-state index contributed by atoms with van der Waals surface area (Å²) in [7, 11) is 2.79. The minimum absolute atomic E-state index is 0.196. The highest BCUT2D eigenvalue weighted by atomic mass is 16.7. The van der Waals surface area contributed by atoms with Crippen molar-refractivity contribution >= 4 is 11.8 Å². The van der Waals surface area contributed by atoms with Crippen LogP contribution in [0.25, 0.3) is 5.69 Å². The summed E-state index contributed by atoms with van der Waals surface area (Å²) in [6.45, 7) is 3.74. The van der Waals surface area contributed by atoms with Gasteiger partial charge in [0.2, 0.25) is 12.6 Å². The van der Waals surface area contributed by atoms with E-state index in [2.05, 4.69) is 0 Å². The number of aromatic nitrogens is 1. The average Bonchev–Trinajstić information content (AvgIpc) is 3.39. The molecule has 0 radical (unpaired) electrons. The number of benzene rings is 2. The molecule has 1 aliphatic rings. The second-order valence-corrected chi connectivity index (χ2v) is 7.22. The molecule has 0 amide bonds. The Morgan fingerprint density at radius 2 is 1.75 bits per heavy atom. The molecular formula is C24H23NO7. The number of nitrogens with zero attached hydrogens (tertiary/aromatic N) is 1. The number of ether oxygens (including phenoxy) is 5. The summed E-state index contributed by atoms with van der Waals surface area (Å²) in [6, 6.07) is 12.2. The molecule has 0 atom stereocenters. The molecule has 1 aromatic heterocycles. The first-order chi connectivity index (χ1) is 15.4. The minimum atomic E-state index is -0.559. The van der Waals surface area contributed by atoms with Crippen LogP contribution >= 0.6 is 0 Å². The molecule has 32 heavy (non-hydrogen) atoms. The number of hydrogen-bond acceptors (Lipinski definition) is 7. The Morgan fingerprint density at radius 3 is 2.50 bits per heavy atom. The van der Waals surface area contributed by atoms with Crippen molar-refractivity contribution in [3.05, 3.63) is 65.0 Å². The van der Waals surface area contributed by atoms with Gasteiger partial charge < -0.3 is 28.3 Å². The summed E-state index contributed by atoms with van der Waals surface area (Å²) in [5.41, 5.74) is 3.27. The number of ketones is 1. The summed E-state index contributed by atoms with van der Waals surface area (Å²) >= 11 is 0. The quantitative estimate of drug-likeness (QED) is 0.410. The zero-order valence-electron chi connectivity index (χ0n) is 18.3. The Balaban J connectivity index is 1.58. The molecule has 0 unspecified atom stereocenters. The van der Waals surface area contributed by atoms with E-state index < -0.39 is 5.97 Å². The van der Waals surface area contributed by atoms with Crippen molar-refractivity contribution in [3.63, 3.8) is 0 Å². The van der Waals surface area contributed by atoms with E-state index in [0.29, 0.717) is 22.8 Å². The largest absolute Gasteiger partial charge is 0.497 e. The molecule has 0 aliphatic carbocycles. The van der Waals surface area contributed by atoms with Gasteiger partial charge >= 0.3 is 5.97 Å². The molecule has 2 heterocycles. The van der Waals surface area contributed by atoms with E-state index in [1.807, 2.05) is 42.7 Å². The molecule has 0 saturated carbocycles. The molecule has 0 saturated heterocycles. The van der Waals surface area contributed by atoms with E-state index >= 15 is 0 Å². The van der Waals surface area contributed by atoms with Crippen LogP contribution in [-0.4, -0.2) is 43.9 Å².